The number of ketones is 1. The smallest absolute Gasteiger partial charge is 0.158 e. The Hall–Kier alpha value is -0.870. The molecule has 20 heavy (non-hydrogen) atoms. The summed E-state index contributed by atoms with van der Waals surface area (Å²) in [5.41, 5.74) is 2.98. The molecule has 2 rings (SSSR count). The van der Waals surface area contributed by atoms with Crippen LogP contribution in [0.3, 0.4) is 0 Å². The predicted octanol–water partition coefficient (Wildman–Crippen LogP) is 3.54. The molecule has 110 valence electrons. The molecular formula is C16H23NO2S. The third-order valence-corrected chi connectivity index (χ3v) is 5.20. The van der Waals surface area contributed by atoms with E-state index in [1.165, 1.54) is 0 Å². The zero-order valence-corrected chi connectivity index (χ0v) is 13.5. The lowest BCUT2D eigenvalue weighted by Gasteiger charge is -2.20. The summed E-state index contributed by atoms with van der Waals surface area (Å²) in [5.74, 6) is 0.487. The summed E-state index contributed by atoms with van der Waals surface area (Å²) >= 11 is -1.24. The van der Waals surface area contributed by atoms with Crippen LogP contribution in [-0.4, -0.2) is 20.8 Å². The number of nitrogens with zero attached hydrogens (tertiary/aromatic N) is 1. The van der Waals surface area contributed by atoms with Crippen molar-refractivity contribution in [3.05, 3.63) is 23.3 Å². The minimum atomic E-state index is -1.24. The molecular weight excluding hydrogens is 270 g/mol. The Morgan fingerprint density at radius 2 is 2.10 bits per heavy atom. The van der Waals surface area contributed by atoms with Crippen molar-refractivity contribution in [2.75, 3.05) is 0 Å². The van der Waals surface area contributed by atoms with Crippen LogP contribution in [0.1, 0.15) is 53.4 Å². The Bertz CT molecular complexity index is 497. The Labute approximate surface area is 124 Å². The van der Waals surface area contributed by atoms with Gasteiger partial charge in [-0.25, -0.2) is 0 Å². The van der Waals surface area contributed by atoms with E-state index >= 15 is 0 Å². The summed E-state index contributed by atoms with van der Waals surface area (Å²) in [6.07, 6.45) is 7.35. The zero-order valence-electron chi connectivity index (χ0n) is 12.7. The van der Waals surface area contributed by atoms with Gasteiger partial charge in [-0.15, -0.1) is 0 Å². The molecule has 0 fully saturated rings. The second-order valence-corrected chi connectivity index (χ2v) is 8.46. The molecule has 0 saturated carbocycles. The lowest BCUT2D eigenvalue weighted by molar-refractivity contribution is -0.115. The molecule has 2 atom stereocenters. The van der Waals surface area contributed by atoms with E-state index in [1.807, 2.05) is 33.8 Å². The van der Waals surface area contributed by atoms with Crippen molar-refractivity contribution in [1.29, 1.82) is 0 Å². The molecule has 3 nitrogen and oxygen atoms in total. The highest BCUT2D eigenvalue weighted by Gasteiger charge is 2.32. The van der Waals surface area contributed by atoms with Gasteiger partial charge in [0.15, 0.2) is 5.78 Å². The van der Waals surface area contributed by atoms with Gasteiger partial charge in [-0.2, -0.15) is 0 Å². The van der Waals surface area contributed by atoms with Crippen LogP contribution in [-0.2, 0) is 16.2 Å². The second-order valence-electron chi connectivity index (χ2n) is 6.55. The number of carbonyl (C=O) groups excluding carboxylic acids is 1. The standard InChI is InChI=1S/C16H23NO2S/c1-11-8-9-13(10-12-6-5-7-14(12)18)15(11)17-20(19)16(2,3)4/h6,8,13H,5,7,9-10H2,1-4H3. The van der Waals surface area contributed by atoms with Crippen molar-refractivity contribution < 1.29 is 9.35 Å². The molecule has 0 spiro atoms. The van der Waals surface area contributed by atoms with Gasteiger partial charge in [0.1, 0.15) is 16.1 Å². The van der Waals surface area contributed by atoms with Crippen molar-refractivity contribution in [2.45, 2.75) is 58.1 Å². The average Bonchev–Trinajstić information content (AvgIpc) is 2.89. The van der Waals surface area contributed by atoms with Gasteiger partial charge < -0.3 is 4.55 Å². The Morgan fingerprint density at radius 1 is 1.40 bits per heavy atom. The molecule has 0 bridgehead atoms. The molecule has 0 aromatic carbocycles. The van der Waals surface area contributed by atoms with Crippen molar-refractivity contribution in [1.82, 2.24) is 0 Å². The summed E-state index contributed by atoms with van der Waals surface area (Å²) in [7, 11) is 0. The summed E-state index contributed by atoms with van der Waals surface area (Å²) < 4.78 is 16.3. The molecule has 0 radical (unpaired) electrons. The van der Waals surface area contributed by atoms with Crippen LogP contribution in [0.4, 0.5) is 0 Å². The molecule has 2 aliphatic rings. The van der Waals surface area contributed by atoms with Gasteiger partial charge in [0.05, 0.1) is 5.71 Å². The molecule has 4 heteroatoms. The highest BCUT2D eigenvalue weighted by molar-refractivity contribution is 7.91. The first-order chi connectivity index (χ1) is 9.29. The largest absolute Gasteiger partial charge is 0.591 e. The molecule has 0 saturated heterocycles. The zero-order chi connectivity index (χ0) is 14.9. The van der Waals surface area contributed by atoms with Crippen LogP contribution >= 0.6 is 0 Å². The number of allylic oxidation sites excluding steroid dienone is 4. The fourth-order valence-corrected chi connectivity index (χ4v) is 3.27. The highest BCUT2D eigenvalue weighted by Crippen LogP contribution is 2.32. The van der Waals surface area contributed by atoms with E-state index in [0.29, 0.717) is 6.42 Å². The first kappa shape index (κ1) is 15.5. The predicted molar refractivity (Wildman–Crippen MR) is 84.1 cm³/mol. The van der Waals surface area contributed by atoms with Crippen molar-refractivity contribution in [3.63, 3.8) is 0 Å². The second kappa shape index (κ2) is 5.86. The first-order valence-corrected chi connectivity index (χ1v) is 8.29. The van der Waals surface area contributed by atoms with Crippen LogP contribution in [0.5, 0.6) is 0 Å². The number of hydrogen-bond donors (Lipinski definition) is 0. The number of carbonyl (C=O) groups is 1. The van der Waals surface area contributed by atoms with E-state index in [0.717, 1.165) is 36.1 Å². The number of hydrogen-bond acceptors (Lipinski definition) is 3. The van der Waals surface area contributed by atoms with E-state index < -0.39 is 11.4 Å². The summed E-state index contributed by atoms with van der Waals surface area (Å²) in [6, 6.07) is 0. The topological polar surface area (TPSA) is 52.5 Å². The van der Waals surface area contributed by atoms with Crippen LogP contribution in [0.2, 0.25) is 0 Å². The Kier molecular flexibility index (Phi) is 4.55. The monoisotopic (exact) mass is 293 g/mol. The van der Waals surface area contributed by atoms with E-state index in [4.69, 9.17) is 0 Å². The van der Waals surface area contributed by atoms with Gasteiger partial charge in [-0.3, -0.25) is 4.79 Å². The Morgan fingerprint density at radius 3 is 2.65 bits per heavy atom. The SMILES string of the molecule is CC1=CCC(CC2=CCCC2=O)C1=N[S+]([O-])C(C)(C)C. The molecule has 0 N–H and O–H groups in total. The van der Waals surface area contributed by atoms with Gasteiger partial charge in [-0.1, -0.05) is 16.5 Å². The van der Waals surface area contributed by atoms with Crippen molar-refractivity contribution >= 4 is 22.9 Å². The van der Waals surface area contributed by atoms with Crippen LogP contribution in [0.25, 0.3) is 0 Å². The van der Waals surface area contributed by atoms with Gasteiger partial charge in [0, 0.05) is 12.3 Å². The molecule has 2 unspecified atom stereocenters. The minimum absolute atomic E-state index is 0.217. The van der Waals surface area contributed by atoms with Gasteiger partial charge >= 0.3 is 0 Å². The summed E-state index contributed by atoms with van der Waals surface area (Å²) in [4.78, 5) is 11.7. The quantitative estimate of drug-likeness (QED) is 0.747. The highest BCUT2D eigenvalue weighted by atomic mass is 32.2. The molecule has 0 aromatic rings. The summed E-state index contributed by atoms with van der Waals surface area (Å²) in [5, 5.41) is 0. The van der Waals surface area contributed by atoms with E-state index in [9.17, 15) is 9.35 Å². The third-order valence-electron chi connectivity index (χ3n) is 3.79. The molecule has 0 aromatic heterocycles. The molecule has 2 aliphatic carbocycles. The van der Waals surface area contributed by atoms with Gasteiger partial charge in [0.2, 0.25) is 0 Å². The minimum Gasteiger partial charge on any atom is -0.591 e. The third kappa shape index (κ3) is 3.41. The average molecular weight is 293 g/mol. The maximum atomic E-state index is 12.2. The van der Waals surface area contributed by atoms with E-state index in [2.05, 4.69) is 10.5 Å². The lowest BCUT2D eigenvalue weighted by Crippen LogP contribution is -2.28. The number of Topliss-reactive ketones (excluding diaryl/α,β-unsaturated/α-hetero) is 1. The maximum Gasteiger partial charge on any atom is 0.158 e. The summed E-state index contributed by atoms with van der Waals surface area (Å²) in [6.45, 7) is 7.81. The molecule has 0 heterocycles. The van der Waals surface area contributed by atoms with Crippen molar-refractivity contribution in [2.24, 2.45) is 10.3 Å². The van der Waals surface area contributed by atoms with Crippen molar-refractivity contribution in [3.8, 4) is 0 Å². The fourth-order valence-electron chi connectivity index (χ4n) is 2.52. The van der Waals surface area contributed by atoms with Crippen LogP contribution < -0.4 is 0 Å². The molecule has 0 amide bonds. The van der Waals surface area contributed by atoms with Gasteiger partial charge in [-0.05, 0) is 58.1 Å². The normalized spacial score (nSPS) is 26.9. The van der Waals surface area contributed by atoms with Crippen LogP contribution in [0.15, 0.2) is 27.7 Å². The Balaban J connectivity index is 2.14. The van der Waals surface area contributed by atoms with Crippen LogP contribution in [0, 0.1) is 5.92 Å². The maximum absolute atomic E-state index is 12.2. The first-order valence-electron chi connectivity index (χ1n) is 7.19. The lowest BCUT2D eigenvalue weighted by atomic mass is 9.94. The van der Waals surface area contributed by atoms with E-state index in [1.54, 1.807) is 0 Å². The van der Waals surface area contributed by atoms with E-state index in [-0.39, 0.29) is 16.4 Å². The van der Waals surface area contributed by atoms with Gasteiger partial charge in [0.25, 0.3) is 0 Å². The molecule has 0 aliphatic heterocycles. The number of rotatable bonds is 3. The fraction of sp³-hybridized carbons (Fsp3) is 0.625.